The van der Waals surface area contributed by atoms with E-state index in [4.69, 9.17) is 34.8 Å². The monoisotopic (exact) mass is 320 g/mol. The van der Waals surface area contributed by atoms with Crippen molar-refractivity contribution in [2.24, 2.45) is 0 Å². The number of carbonyl (C=O) groups is 1. The van der Waals surface area contributed by atoms with Crippen LogP contribution in [0.1, 0.15) is 25.7 Å². The Morgan fingerprint density at radius 1 is 1.00 bits per heavy atom. The highest BCUT2D eigenvalue weighted by Crippen LogP contribution is 2.33. The first kappa shape index (κ1) is 14.8. The molecule has 0 spiro atoms. The van der Waals surface area contributed by atoms with Crippen molar-refractivity contribution in [2.75, 3.05) is 18.4 Å². The van der Waals surface area contributed by atoms with Crippen molar-refractivity contribution >= 4 is 46.5 Å². The number of carbonyl (C=O) groups excluding carboxylic acids is 1. The van der Waals surface area contributed by atoms with Gasteiger partial charge in [0.25, 0.3) is 0 Å². The molecule has 1 aliphatic rings. The summed E-state index contributed by atoms with van der Waals surface area (Å²) in [4.78, 5) is 14.0. The van der Waals surface area contributed by atoms with E-state index >= 15 is 0 Å². The second-order valence-electron chi connectivity index (χ2n) is 4.58. The standard InChI is InChI=1S/C13H15Cl3N2O/c14-9-7-10(15)12(11(16)8-9)17-13(19)18-5-3-1-2-4-6-18/h7-8H,1-6H2,(H,17,19). The van der Waals surface area contributed by atoms with E-state index in [1.807, 2.05) is 0 Å². The van der Waals surface area contributed by atoms with Crippen molar-refractivity contribution in [1.82, 2.24) is 4.90 Å². The topological polar surface area (TPSA) is 32.3 Å². The normalized spacial score (nSPS) is 16.1. The van der Waals surface area contributed by atoms with Gasteiger partial charge in [0.05, 0.1) is 15.7 Å². The quantitative estimate of drug-likeness (QED) is 0.771. The predicted molar refractivity (Wildman–Crippen MR) is 80.5 cm³/mol. The van der Waals surface area contributed by atoms with E-state index in [-0.39, 0.29) is 6.03 Å². The molecule has 2 rings (SSSR count). The molecule has 104 valence electrons. The Kier molecular flexibility index (Phi) is 5.20. The number of rotatable bonds is 1. The third-order valence-electron chi connectivity index (χ3n) is 3.13. The third-order valence-corrected chi connectivity index (χ3v) is 3.95. The van der Waals surface area contributed by atoms with E-state index in [1.54, 1.807) is 17.0 Å². The molecule has 1 N–H and O–H groups in total. The lowest BCUT2D eigenvalue weighted by molar-refractivity contribution is 0.214. The number of likely N-dealkylation sites (tertiary alicyclic amines) is 1. The maximum absolute atomic E-state index is 12.2. The summed E-state index contributed by atoms with van der Waals surface area (Å²) in [5, 5.41) is 3.91. The van der Waals surface area contributed by atoms with Gasteiger partial charge in [-0.2, -0.15) is 0 Å². The Morgan fingerprint density at radius 2 is 1.53 bits per heavy atom. The number of anilines is 1. The van der Waals surface area contributed by atoms with Gasteiger partial charge in [-0.3, -0.25) is 0 Å². The molecule has 1 aromatic rings. The first-order chi connectivity index (χ1) is 9.08. The molecule has 1 aromatic carbocycles. The highest BCUT2D eigenvalue weighted by atomic mass is 35.5. The maximum Gasteiger partial charge on any atom is 0.321 e. The summed E-state index contributed by atoms with van der Waals surface area (Å²) in [6.07, 6.45) is 4.42. The SMILES string of the molecule is O=C(Nc1c(Cl)cc(Cl)cc1Cl)N1CCCCCC1. The van der Waals surface area contributed by atoms with Crippen LogP contribution in [0, 0.1) is 0 Å². The molecule has 0 bridgehead atoms. The van der Waals surface area contributed by atoms with Crippen LogP contribution in [0.5, 0.6) is 0 Å². The number of hydrogen-bond acceptors (Lipinski definition) is 1. The molecular weight excluding hydrogens is 307 g/mol. The van der Waals surface area contributed by atoms with Gasteiger partial charge in [0.15, 0.2) is 0 Å². The van der Waals surface area contributed by atoms with Gasteiger partial charge in [-0.25, -0.2) is 4.79 Å². The van der Waals surface area contributed by atoms with E-state index in [1.165, 1.54) is 12.8 Å². The Morgan fingerprint density at radius 3 is 2.05 bits per heavy atom. The van der Waals surface area contributed by atoms with Crippen molar-refractivity contribution in [2.45, 2.75) is 25.7 Å². The number of nitrogens with one attached hydrogen (secondary N) is 1. The second kappa shape index (κ2) is 6.69. The molecule has 2 amide bonds. The van der Waals surface area contributed by atoms with E-state index < -0.39 is 0 Å². The van der Waals surface area contributed by atoms with Gasteiger partial charge >= 0.3 is 6.03 Å². The zero-order valence-electron chi connectivity index (χ0n) is 10.4. The molecule has 0 aliphatic carbocycles. The summed E-state index contributed by atoms with van der Waals surface area (Å²) in [7, 11) is 0. The molecule has 1 fully saturated rings. The lowest BCUT2D eigenvalue weighted by Crippen LogP contribution is -2.35. The summed E-state index contributed by atoms with van der Waals surface area (Å²) in [5.41, 5.74) is 0.419. The van der Waals surface area contributed by atoms with Crippen molar-refractivity contribution in [3.8, 4) is 0 Å². The van der Waals surface area contributed by atoms with Crippen LogP contribution in [0.25, 0.3) is 0 Å². The lowest BCUT2D eigenvalue weighted by atomic mass is 10.2. The molecule has 0 radical (unpaired) electrons. The van der Waals surface area contributed by atoms with E-state index in [0.717, 1.165) is 25.9 Å². The van der Waals surface area contributed by atoms with Crippen LogP contribution >= 0.6 is 34.8 Å². The Bertz CT molecular complexity index is 448. The molecular formula is C13H15Cl3N2O. The predicted octanol–water partition coefficient (Wildman–Crippen LogP) is 5.05. The van der Waals surface area contributed by atoms with Crippen LogP contribution in [0.2, 0.25) is 15.1 Å². The number of halogens is 3. The fraction of sp³-hybridized carbons (Fsp3) is 0.462. The number of hydrogen-bond donors (Lipinski definition) is 1. The molecule has 1 aliphatic heterocycles. The summed E-state index contributed by atoms with van der Waals surface area (Å²) in [5.74, 6) is 0. The van der Waals surface area contributed by atoms with E-state index in [9.17, 15) is 4.79 Å². The Balaban J connectivity index is 2.10. The molecule has 0 atom stereocenters. The van der Waals surface area contributed by atoms with Crippen LogP contribution in [-0.2, 0) is 0 Å². The minimum absolute atomic E-state index is 0.159. The van der Waals surface area contributed by atoms with Crippen LogP contribution in [0.4, 0.5) is 10.5 Å². The molecule has 0 aromatic heterocycles. The average Bonchev–Trinajstić information content (AvgIpc) is 2.62. The highest BCUT2D eigenvalue weighted by molar-refractivity contribution is 6.42. The van der Waals surface area contributed by atoms with Crippen molar-refractivity contribution in [1.29, 1.82) is 0 Å². The molecule has 0 saturated carbocycles. The van der Waals surface area contributed by atoms with Crippen molar-refractivity contribution in [3.05, 3.63) is 27.2 Å². The maximum atomic E-state index is 12.2. The van der Waals surface area contributed by atoms with Crippen LogP contribution in [-0.4, -0.2) is 24.0 Å². The van der Waals surface area contributed by atoms with Gasteiger partial charge in [0.2, 0.25) is 0 Å². The van der Waals surface area contributed by atoms with E-state index in [0.29, 0.717) is 20.8 Å². The Hall–Kier alpha value is -0.640. The number of benzene rings is 1. The van der Waals surface area contributed by atoms with Crippen molar-refractivity contribution in [3.63, 3.8) is 0 Å². The lowest BCUT2D eigenvalue weighted by Gasteiger charge is -2.21. The highest BCUT2D eigenvalue weighted by Gasteiger charge is 2.18. The zero-order valence-corrected chi connectivity index (χ0v) is 12.7. The molecule has 1 saturated heterocycles. The van der Waals surface area contributed by atoms with E-state index in [2.05, 4.69) is 5.32 Å². The molecule has 19 heavy (non-hydrogen) atoms. The number of nitrogens with zero attached hydrogens (tertiary/aromatic N) is 1. The van der Waals surface area contributed by atoms with Gasteiger partial charge < -0.3 is 10.2 Å². The summed E-state index contributed by atoms with van der Waals surface area (Å²) < 4.78 is 0. The number of amides is 2. The Labute approximate surface area is 127 Å². The minimum Gasteiger partial charge on any atom is -0.325 e. The fourth-order valence-corrected chi connectivity index (χ4v) is 3.03. The van der Waals surface area contributed by atoms with Gasteiger partial charge in [0.1, 0.15) is 0 Å². The smallest absolute Gasteiger partial charge is 0.321 e. The van der Waals surface area contributed by atoms with Crippen LogP contribution in [0.3, 0.4) is 0 Å². The van der Waals surface area contributed by atoms with Crippen LogP contribution in [0.15, 0.2) is 12.1 Å². The molecule has 0 unspecified atom stereocenters. The molecule has 6 heteroatoms. The van der Waals surface area contributed by atoms with Gasteiger partial charge in [-0.15, -0.1) is 0 Å². The largest absolute Gasteiger partial charge is 0.325 e. The molecule has 1 heterocycles. The van der Waals surface area contributed by atoms with Gasteiger partial charge in [0, 0.05) is 18.1 Å². The number of urea groups is 1. The summed E-state index contributed by atoms with van der Waals surface area (Å²) in [6.45, 7) is 1.54. The second-order valence-corrected chi connectivity index (χ2v) is 5.83. The van der Waals surface area contributed by atoms with Crippen LogP contribution < -0.4 is 5.32 Å². The molecule has 3 nitrogen and oxygen atoms in total. The first-order valence-electron chi connectivity index (χ1n) is 6.28. The summed E-state index contributed by atoms with van der Waals surface area (Å²) >= 11 is 17.9. The fourth-order valence-electron chi connectivity index (χ4n) is 2.12. The zero-order chi connectivity index (χ0) is 13.8. The van der Waals surface area contributed by atoms with Crippen molar-refractivity contribution < 1.29 is 4.79 Å². The average molecular weight is 322 g/mol. The third kappa shape index (κ3) is 3.91. The summed E-state index contributed by atoms with van der Waals surface area (Å²) in [6, 6.07) is 2.97. The van der Waals surface area contributed by atoms with Gasteiger partial charge in [-0.05, 0) is 25.0 Å². The minimum atomic E-state index is -0.159. The first-order valence-corrected chi connectivity index (χ1v) is 7.42. The van der Waals surface area contributed by atoms with Gasteiger partial charge in [-0.1, -0.05) is 47.6 Å².